The van der Waals surface area contributed by atoms with Gasteiger partial charge in [0.25, 0.3) is 0 Å². The van der Waals surface area contributed by atoms with Gasteiger partial charge in [-0.1, -0.05) is 0 Å². The lowest BCUT2D eigenvalue weighted by Crippen LogP contribution is -2.41. The van der Waals surface area contributed by atoms with Crippen LogP contribution in [0.4, 0.5) is 8.78 Å². The minimum atomic E-state index is -3.40. The molecule has 0 aromatic heterocycles. The van der Waals surface area contributed by atoms with Crippen LogP contribution in [0.2, 0.25) is 0 Å². The molecule has 1 saturated heterocycles. The average Bonchev–Trinajstić information content (AvgIpc) is 2.28. The monoisotopic (exact) mass is 273 g/mol. The molecule has 1 amide bonds. The number of amides is 1. The second-order valence-corrected chi connectivity index (χ2v) is 4.98. The molecule has 0 aromatic carbocycles. The van der Waals surface area contributed by atoms with Crippen molar-refractivity contribution in [3.05, 3.63) is 0 Å². The van der Waals surface area contributed by atoms with Crippen molar-refractivity contribution in [1.29, 1.82) is 0 Å². The summed E-state index contributed by atoms with van der Waals surface area (Å²) in [6, 6.07) is 0. The fourth-order valence-corrected chi connectivity index (χ4v) is 2.27. The van der Waals surface area contributed by atoms with Gasteiger partial charge in [-0.3, -0.25) is 4.79 Å². The molecule has 0 N–H and O–H groups in total. The topological polar surface area (TPSA) is 20.3 Å². The van der Waals surface area contributed by atoms with Crippen LogP contribution in [0.5, 0.6) is 0 Å². The van der Waals surface area contributed by atoms with Crippen molar-refractivity contribution in [3.8, 4) is 0 Å². The Morgan fingerprint density at radius 2 is 2.08 bits per heavy atom. The molecule has 76 valence electrons. The summed E-state index contributed by atoms with van der Waals surface area (Å²) in [6.45, 7) is 0.859. The van der Waals surface area contributed by atoms with Gasteiger partial charge in [0, 0.05) is 34.8 Å². The van der Waals surface area contributed by atoms with Gasteiger partial charge in [0.05, 0.1) is 0 Å². The first-order valence-corrected chi connectivity index (χ1v) is 5.90. The maximum atomic E-state index is 12.6. The van der Waals surface area contributed by atoms with Gasteiger partial charge in [0.15, 0.2) is 0 Å². The van der Waals surface area contributed by atoms with E-state index < -0.39 is 10.7 Å². The molecule has 0 saturated carbocycles. The third-order valence-electron chi connectivity index (χ3n) is 1.75. The van der Waals surface area contributed by atoms with E-state index in [2.05, 4.69) is 15.9 Å². The van der Waals surface area contributed by atoms with Gasteiger partial charge in [0.1, 0.15) is 0 Å². The minimum absolute atomic E-state index is 0.421. The average molecular weight is 274 g/mol. The summed E-state index contributed by atoms with van der Waals surface area (Å²) in [4.78, 5) is 8.91. The molecule has 6 heteroatoms. The molecule has 1 aliphatic rings. The minimum Gasteiger partial charge on any atom is -0.336 e. The van der Waals surface area contributed by atoms with Gasteiger partial charge >= 0.3 is 10.7 Å². The van der Waals surface area contributed by atoms with Crippen molar-refractivity contribution < 1.29 is 13.6 Å². The summed E-state index contributed by atoms with van der Waals surface area (Å²) < 4.78 is 25.1. The maximum Gasteiger partial charge on any atom is 0.377 e. The molecule has 0 unspecified atom stereocenters. The third kappa shape index (κ3) is 3.42. The Bertz CT molecular complexity index is 189. The lowest BCUT2D eigenvalue weighted by atomic mass is 10.4. The van der Waals surface area contributed by atoms with Crippen molar-refractivity contribution in [2.45, 2.75) is 11.3 Å². The zero-order valence-corrected chi connectivity index (χ0v) is 9.34. The molecule has 1 aliphatic heterocycles. The van der Waals surface area contributed by atoms with Crippen molar-refractivity contribution >= 4 is 33.6 Å². The first-order chi connectivity index (χ1) is 6.02. The first kappa shape index (κ1) is 11.2. The van der Waals surface area contributed by atoms with Crippen molar-refractivity contribution in [2.75, 3.05) is 24.6 Å². The van der Waals surface area contributed by atoms with Crippen molar-refractivity contribution in [3.63, 3.8) is 0 Å². The van der Waals surface area contributed by atoms with Gasteiger partial charge < -0.3 is 4.90 Å². The van der Waals surface area contributed by atoms with E-state index >= 15 is 0 Å². The summed E-state index contributed by atoms with van der Waals surface area (Å²) in [5.74, 6) is 0.571. The molecule has 1 rings (SSSR count). The van der Waals surface area contributed by atoms with E-state index in [9.17, 15) is 13.6 Å². The Morgan fingerprint density at radius 1 is 1.38 bits per heavy atom. The highest BCUT2D eigenvalue weighted by molar-refractivity contribution is 9.10. The molecule has 0 radical (unpaired) electrons. The Hall–Kier alpha value is 0.160. The number of nitrogens with zero attached hydrogens (tertiary/aromatic N) is 1. The Morgan fingerprint density at radius 3 is 2.69 bits per heavy atom. The number of rotatable bonds is 1. The predicted octanol–water partition coefficient (Wildman–Crippen LogP) is 1.94. The smallest absolute Gasteiger partial charge is 0.336 e. The number of carbonyl (C=O) groups excluding carboxylic acids is 1. The highest BCUT2D eigenvalue weighted by atomic mass is 79.9. The molecule has 0 bridgehead atoms. The summed E-state index contributed by atoms with van der Waals surface area (Å²) >= 11 is 3.77. The van der Waals surface area contributed by atoms with E-state index in [4.69, 9.17) is 0 Å². The summed E-state index contributed by atoms with van der Waals surface area (Å²) in [5, 5.41) is 0. The van der Waals surface area contributed by atoms with Crippen LogP contribution in [-0.4, -0.2) is 40.2 Å². The van der Waals surface area contributed by atoms with Crippen LogP contribution in [0.25, 0.3) is 0 Å². The Balaban J connectivity index is 2.54. The van der Waals surface area contributed by atoms with E-state index in [-0.39, 0.29) is 0 Å². The van der Waals surface area contributed by atoms with Crippen LogP contribution in [0.3, 0.4) is 0 Å². The number of hydrogen-bond donors (Lipinski definition) is 0. The number of alkyl halides is 3. The molecule has 1 heterocycles. The molecule has 0 aromatic rings. The van der Waals surface area contributed by atoms with E-state index in [1.54, 1.807) is 11.8 Å². The van der Waals surface area contributed by atoms with Crippen LogP contribution in [0, 0.1) is 0 Å². The molecule has 1 fully saturated rings. The lowest BCUT2D eigenvalue weighted by Gasteiger charge is -2.22. The zero-order chi connectivity index (χ0) is 9.90. The SMILES string of the molecule is O=C(N1CCCSCC1)C(F)(F)Br. The van der Waals surface area contributed by atoms with Crippen LogP contribution >= 0.6 is 27.7 Å². The normalized spacial score (nSPS) is 19.8. The number of thioether (sulfide) groups is 1. The van der Waals surface area contributed by atoms with Gasteiger partial charge in [-0.15, -0.1) is 0 Å². The second-order valence-electron chi connectivity index (χ2n) is 2.76. The third-order valence-corrected chi connectivity index (χ3v) is 3.14. The maximum absolute atomic E-state index is 12.6. The van der Waals surface area contributed by atoms with E-state index in [0.717, 1.165) is 17.9 Å². The zero-order valence-electron chi connectivity index (χ0n) is 6.93. The van der Waals surface area contributed by atoms with Gasteiger partial charge in [-0.2, -0.15) is 20.5 Å². The number of carbonyl (C=O) groups is 1. The number of halogens is 3. The van der Waals surface area contributed by atoms with Crippen molar-refractivity contribution in [2.24, 2.45) is 0 Å². The molecule has 0 atom stereocenters. The quantitative estimate of drug-likeness (QED) is 0.681. The second kappa shape index (κ2) is 4.59. The molecule has 2 nitrogen and oxygen atoms in total. The van der Waals surface area contributed by atoms with Crippen LogP contribution in [0.1, 0.15) is 6.42 Å². The molecule has 0 aliphatic carbocycles. The fourth-order valence-electron chi connectivity index (χ4n) is 1.13. The van der Waals surface area contributed by atoms with Crippen LogP contribution < -0.4 is 0 Å². The Labute approximate surface area is 88.2 Å². The summed E-state index contributed by atoms with van der Waals surface area (Å²) in [7, 11) is 0. The number of hydrogen-bond acceptors (Lipinski definition) is 2. The largest absolute Gasteiger partial charge is 0.377 e. The summed E-state index contributed by atoms with van der Waals surface area (Å²) in [5.41, 5.74) is 0. The van der Waals surface area contributed by atoms with E-state index in [0.29, 0.717) is 13.1 Å². The Kier molecular flexibility index (Phi) is 3.97. The van der Waals surface area contributed by atoms with E-state index in [1.807, 2.05) is 0 Å². The van der Waals surface area contributed by atoms with Crippen molar-refractivity contribution in [1.82, 2.24) is 4.90 Å². The van der Waals surface area contributed by atoms with Crippen LogP contribution in [0.15, 0.2) is 0 Å². The lowest BCUT2D eigenvalue weighted by molar-refractivity contribution is -0.145. The summed E-state index contributed by atoms with van der Waals surface area (Å²) in [6.07, 6.45) is 0.791. The predicted molar refractivity (Wildman–Crippen MR) is 52.4 cm³/mol. The van der Waals surface area contributed by atoms with Gasteiger partial charge in [0.2, 0.25) is 0 Å². The first-order valence-electron chi connectivity index (χ1n) is 3.95. The highest BCUT2D eigenvalue weighted by Crippen LogP contribution is 2.25. The fraction of sp³-hybridized carbons (Fsp3) is 0.857. The molecule has 13 heavy (non-hydrogen) atoms. The van der Waals surface area contributed by atoms with Gasteiger partial charge in [-0.05, 0) is 12.2 Å². The van der Waals surface area contributed by atoms with E-state index in [1.165, 1.54) is 4.90 Å². The van der Waals surface area contributed by atoms with Gasteiger partial charge in [-0.25, -0.2) is 0 Å². The highest BCUT2D eigenvalue weighted by Gasteiger charge is 2.38. The van der Waals surface area contributed by atoms with Crippen LogP contribution in [-0.2, 0) is 4.79 Å². The molecular formula is C7H10BrF2NOS. The molecular weight excluding hydrogens is 264 g/mol. The molecule has 0 spiro atoms. The standard InChI is InChI=1S/C7H10BrF2NOS/c8-7(9,10)6(12)11-2-1-4-13-5-3-11/h1-5H2.